The molecule has 2 fully saturated rings. The number of piperazine rings is 1. The second-order valence-corrected chi connectivity index (χ2v) is 5.98. The first-order valence-electron chi connectivity index (χ1n) is 6.83. The van der Waals surface area contributed by atoms with Crippen molar-refractivity contribution in [1.82, 2.24) is 10.2 Å². The van der Waals surface area contributed by atoms with E-state index in [-0.39, 0.29) is 0 Å². The predicted octanol–water partition coefficient (Wildman–Crippen LogP) is 1.39. The van der Waals surface area contributed by atoms with E-state index in [4.69, 9.17) is 0 Å². The molecule has 3 heteroatoms. The molecule has 2 rings (SSSR count). The summed E-state index contributed by atoms with van der Waals surface area (Å²) >= 11 is 0. The minimum absolute atomic E-state index is 0.306. The lowest BCUT2D eigenvalue weighted by Crippen LogP contribution is -2.59. The molecule has 2 aliphatic rings. The van der Waals surface area contributed by atoms with E-state index in [9.17, 15) is 5.11 Å². The van der Waals surface area contributed by atoms with Gasteiger partial charge >= 0.3 is 0 Å². The first kappa shape index (κ1) is 13.1. The summed E-state index contributed by atoms with van der Waals surface area (Å²) in [6.07, 6.45) is 3.06. The number of nitrogens with one attached hydrogen (secondary N) is 1. The molecular formula is C14H26N2O. The van der Waals surface area contributed by atoms with Crippen molar-refractivity contribution >= 4 is 0 Å². The number of rotatable bonds is 2. The van der Waals surface area contributed by atoms with Crippen molar-refractivity contribution in [2.45, 2.75) is 44.8 Å². The van der Waals surface area contributed by atoms with Crippen molar-refractivity contribution in [1.29, 1.82) is 0 Å². The third-order valence-electron chi connectivity index (χ3n) is 4.51. The van der Waals surface area contributed by atoms with Gasteiger partial charge in [0.05, 0.1) is 5.60 Å². The van der Waals surface area contributed by atoms with Crippen LogP contribution in [0.2, 0.25) is 0 Å². The van der Waals surface area contributed by atoms with Gasteiger partial charge in [-0.25, -0.2) is 0 Å². The summed E-state index contributed by atoms with van der Waals surface area (Å²) in [6.45, 7) is 12.4. The zero-order valence-corrected chi connectivity index (χ0v) is 11.2. The Morgan fingerprint density at radius 1 is 1.41 bits per heavy atom. The molecule has 0 bridgehead atoms. The third kappa shape index (κ3) is 2.90. The monoisotopic (exact) mass is 238 g/mol. The highest BCUT2D eigenvalue weighted by Gasteiger charge is 2.41. The highest BCUT2D eigenvalue weighted by atomic mass is 16.3. The fourth-order valence-electron chi connectivity index (χ4n) is 3.26. The van der Waals surface area contributed by atoms with E-state index in [2.05, 4.69) is 23.7 Å². The van der Waals surface area contributed by atoms with Gasteiger partial charge in [0.1, 0.15) is 0 Å². The largest absolute Gasteiger partial charge is 0.389 e. The van der Waals surface area contributed by atoms with Crippen molar-refractivity contribution in [2.75, 3.05) is 26.2 Å². The standard InChI is InChI=1S/C14H26N2O/c1-11(2)12-4-5-14(3,17)13(10-12)16-8-6-15-7-9-16/h12-13,15,17H,1,4-10H2,2-3H3/t12-,13+,14+/m1/s1. The second kappa shape index (κ2) is 5.09. The van der Waals surface area contributed by atoms with E-state index in [0.717, 1.165) is 45.4 Å². The maximum Gasteiger partial charge on any atom is 0.0774 e. The predicted molar refractivity (Wildman–Crippen MR) is 71.0 cm³/mol. The lowest BCUT2D eigenvalue weighted by Gasteiger charge is -2.48. The molecule has 0 aromatic heterocycles. The van der Waals surface area contributed by atoms with Gasteiger partial charge in [0, 0.05) is 32.2 Å². The molecule has 0 unspecified atom stereocenters. The number of hydrogen-bond donors (Lipinski definition) is 2. The summed E-state index contributed by atoms with van der Waals surface area (Å²) in [5.74, 6) is 0.593. The fraction of sp³-hybridized carbons (Fsp3) is 0.857. The van der Waals surface area contributed by atoms with Crippen molar-refractivity contribution in [3.63, 3.8) is 0 Å². The van der Waals surface area contributed by atoms with E-state index >= 15 is 0 Å². The molecule has 98 valence electrons. The van der Waals surface area contributed by atoms with Crippen molar-refractivity contribution in [3.8, 4) is 0 Å². The minimum Gasteiger partial charge on any atom is -0.389 e. The van der Waals surface area contributed by atoms with Gasteiger partial charge < -0.3 is 10.4 Å². The van der Waals surface area contributed by atoms with Crippen LogP contribution in [0.3, 0.4) is 0 Å². The van der Waals surface area contributed by atoms with Crippen molar-refractivity contribution < 1.29 is 5.11 Å². The molecule has 0 spiro atoms. The molecule has 0 aromatic carbocycles. The number of aliphatic hydroxyl groups is 1. The van der Waals surface area contributed by atoms with Crippen LogP contribution >= 0.6 is 0 Å². The topological polar surface area (TPSA) is 35.5 Å². The Morgan fingerprint density at radius 2 is 2.06 bits per heavy atom. The summed E-state index contributed by atoms with van der Waals surface area (Å²) in [5.41, 5.74) is 0.754. The third-order valence-corrected chi connectivity index (χ3v) is 4.51. The molecule has 1 heterocycles. The molecule has 1 aliphatic carbocycles. The van der Waals surface area contributed by atoms with E-state index in [0.29, 0.717) is 12.0 Å². The molecule has 2 N–H and O–H groups in total. The maximum atomic E-state index is 10.6. The van der Waals surface area contributed by atoms with Crippen LogP contribution in [0.4, 0.5) is 0 Å². The van der Waals surface area contributed by atoms with Crippen molar-refractivity contribution in [2.24, 2.45) is 5.92 Å². The molecule has 3 nitrogen and oxygen atoms in total. The Kier molecular flexibility index (Phi) is 3.91. The number of nitrogens with zero attached hydrogens (tertiary/aromatic N) is 1. The Morgan fingerprint density at radius 3 is 2.65 bits per heavy atom. The number of hydrogen-bond acceptors (Lipinski definition) is 3. The highest BCUT2D eigenvalue weighted by Crippen LogP contribution is 2.37. The summed E-state index contributed by atoms with van der Waals surface area (Å²) in [5, 5.41) is 14.0. The first-order valence-corrected chi connectivity index (χ1v) is 6.83. The van der Waals surface area contributed by atoms with Crippen LogP contribution in [0, 0.1) is 5.92 Å². The highest BCUT2D eigenvalue weighted by molar-refractivity contribution is 5.05. The van der Waals surface area contributed by atoms with Gasteiger partial charge in [-0.3, -0.25) is 4.90 Å². The van der Waals surface area contributed by atoms with Crippen LogP contribution in [0.25, 0.3) is 0 Å². The van der Waals surface area contributed by atoms with Gasteiger partial charge in [-0.2, -0.15) is 0 Å². The quantitative estimate of drug-likeness (QED) is 0.714. The van der Waals surface area contributed by atoms with Crippen molar-refractivity contribution in [3.05, 3.63) is 12.2 Å². The molecule has 1 saturated carbocycles. The van der Waals surface area contributed by atoms with Gasteiger partial charge in [0.25, 0.3) is 0 Å². The molecular weight excluding hydrogens is 212 g/mol. The Hall–Kier alpha value is -0.380. The average molecular weight is 238 g/mol. The molecule has 17 heavy (non-hydrogen) atoms. The Balaban J connectivity index is 2.06. The molecule has 0 aromatic rings. The van der Waals surface area contributed by atoms with Crippen LogP contribution < -0.4 is 5.32 Å². The molecule has 1 aliphatic heterocycles. The van der Waals surface area contributed by atoms with Gasteiger partial charge in [-0.15, -0.1) is 0 Å². The minimum atomic E-state index is -0.525. The zero-order chi connectivity index (χ0) is 12.5. The van der Waals surface area contributed by atoms with E-state index in [1.165, 1.54) is 5.57 Å². The summed E-state index contributed by atoms with van der Waals surface area (Å²) in [4.78, 5) is 2.46. The van der Waals surface area contributed by atoms with E-state index in [1.807, 2.05) is 6.92 Å². The van der Waals surface area contributed by atoms with Crippen LogP contribution in [0.5, 0.6) is 0 Å². The average Bonchev–Trinajstić information content (AvgIpc) is 2.29. The van der Waals surface area contributed by atoms with Crippen LogP contribution in [0.1, 0.15) is 33.1 Å². The zero-order valence-electron chi connectivity index (χ0n) is 11.2. The normalized spacial score (nSPS) is 40.2. The Labute approximate surface area is 105 Å². The molecule has 0 radical (unpaired) electrons. The number of allylic oxidation sites excluding steroid dienone is 1. The van der Waals surface area contributed by atoms with Crippen LogP contribution in [-0.4, -0.2) is 47.8 Å². The van der Waals surface area contributed by atoms with Gasteiger partial charge in [-0.05, 0) is 39.0 Å². The van der Waals surface area contributed by atoms with Crippen LogP contribution in [-0.2, 0) is 0 Å². The van der Waals surface area contributed by atoms with E-state index in [1.54, 1.807) is 0 Å². The van der Waals surface area contributed by atoms with Crippen LogP contribution in [0.15, 0.2) is 12.2 Å². The fourth-order valence-corrected chi connectivity index (χ4v) is 3.26. The molecule has 1 saturated heterocycles. The molecule has 0 amide bonds. The summed E-state index contributed by atoms with van der Waals surface area (Å²) in [7, 11) is 0. The van der Waals surface area contributed by atoms with Gasteiger partial charge in [0.15, 0.2) is 0 Å². The summed E-state index contributed by atoms with van der Waals surface area (Å²) in [6, 6.07) is 0.306. The Bertz CT molecular complexity index is 282. The summed E-state index contributed by atoms with van der Waals surface area (Å²) < 4.78 is 0. The van der Waals surface area contributed by atoms with Gasteiger partial charge in [-0.1, -0.05) is 12.2 Å². The van der Waals surface area contributed by atoms with Gasteiger partial charge in [0.2, 0.25) is 0 Å². The molecule has 3 atom stereocenters. The SMILES string of the molecule is C=C(C)[C@@H]1CC[C@](C)(O)[C@@H](N2CCNCC2)C1. The second-order valence-electron chi connectivity index (χ2n) is 5.98. The lowest BCUT2D eigenvalue weighted by molar-refractivity contribution is -0.0719. The smallest absolute Gasteiger partial charge is 0.0774 e. The lowest BCUT2D eigenvalue weighted by atomic mass is 9.73. The van der Waals surface area contributed by atoms with E-state index < -0.39 is 5.60 Å². The first-order chi connectivity index (χ1) is 8.00. The maximum absolute atomic E-state index is 10.6.